The molecule has 1 atom stereocenters. The number of amides is 1. The van der Waals surface area contributed by atoms with E-state index in [1.54, 1.807) is 12.1 Å². The van der Waals surface area contributed by atoms with Crippen LogP contribution in [0, 0.1) is 11.6 Å². The number of carbonyl (C=O) groups excluding carboxylic acids is 1. The fourth-order valence-corrected chi connectivity index (χ4v) is 3.01. The summed E-state index contributed by atoms with van der Waals surface area (Å²) in [4.78, 5) is 16.6. The summed E-state index contributed by atoms with van der Waals surface area (Å²) in [6.45, 7) is 0. The molecule has 2 heterocycles. The summed E-state index contributed by atoms with van der Waals surface area (Å²) in [7, 11) is 1.40. The molecule has 3 aromatic rings. The highest BCUT2D eigenvalue weighted by Gasteiger charge is 2.32. The number of ether oxygens (including phenoxy) is 1. The molecule has 0 spiro atoms. The Morgan fingerprint density at radius 2 is 2.08 bits per heavy atom. The highest BCUT2D eigenvalue weighted by molar-refractivity contribution is 5.92. The molecule has 0 fully saturated rings. The van der Waals surface area contributed by atoms with E-state index >= 15 is 0 Å². The first kappa shape index (κ1) is 14.6. The van der Waals surface area contributed by atoms with Crippen LogP contribution in [0.2, 0.25) is 0 Å². The highest BCUT2D eigenvalue weighted by atomic mass is 19.1. The van der Waals surface area contributed by atoms with Crippen LogP contribution in [-0.4, -0.2) is 22.7 Å². The van der Waals surface area contributed by atoms with Crippen LogP contribution < -0.4 is 10.1 Å². The number of imidazole rings is 1. The summed E-state index contributed by atoms with van der Waals surface area (Å²) in [6.07, 6.45) is 0.373. The monoisotopic (exact) mass is 329 g/mol. The van der Waals surface area contributed by atoms with Gasteiger partial charge in [-0.2, -0.15) is 0 Å². The van der Waals surface area contributed by atoms with Gasteiger partial charge in [-0.25, -0.2) is 23.1 Å². The predicted molar refractivity (Wildman–Crippen MR) is 83.0 cm³/mol. The number of rotatable bonds is 3. The summed E-state index contributed by atoms with van der Waals surface area (Å²) in [5.41, 5.74) is 1.67. The number of methoxy groups -OCH3 is 1. The molecule has 1 aliphatic rings. The van der Waals surface area contributed by atoms with Crippen LogP contribution in [0.15, 0.2) is 36.4 Å². The number of halogens is 2. The van der Waals surface area contributed by atoms with Gasteiger partial charge in [0.1, 0.15) is 11.6 Å². The van der Waals surface area contributed by atoms with Crippen LogP contribution in [0.25, 0.3) is 11.0 Å². The van der Waals surface area contributed by atoms with Gasteiger partial charge in [0.2, 0.25) is 0 Å². The number of carbonyl (C=O) groups is 1. The summed E-state index contributed by atoms with van der Waals surface area (Å²) in [5.74, 6) is -0.234. The Bertz CT molecular complexity index is 968. The van der Waals surface area contributed by atoms with Gasteiger partial charge in [-0.1, -0.05) is 6.07 Å². The van der Waals surface area contributed by atoms with Crippen molar-refractivity contribution in [2.24, 2.45) is 0 Å². The average Bonchev–Trinajstić information content (AvgIpc) is 3.06. The van der Waals surface area contributed by atoms with Gasteiger partial charge >= 0.3 is 6.03 Å². The van der Waals surface area contributed by atoms with E-state index in [9.17, 15) is 13.6 Å². The Morgan fingerprint density at radius 1 is 1.25 bits per heavy atom. The van der Waals surface area contributed by atoms with E-state index in [0.29, 0.717) is 28.8 Å². The Balaban J connectivity index is 1.71. The molecule has 1 aliphatic heterocycles. The molecule has 122 valence electrons. The average molecular weight is 329 g/mol. The normalized spacial score (nSPS) is 16.3. The van der Waals surface area contributed by atoms with Gasteiger partial charge in [0, 0.05) is 12.5 Å². The Hall–Kier alpha value is -2.96. The highest BCUT2D eigenvalue weighted by Crippen LogP contribution is 2.29. The SMILES string of the molecule is COc1ccc(CC2NC(=O)n3c2nc2ccc(F)cc23)cc1F. The molecule has 0 aliphatic carbocycles. The van der Waals surface area contributed by atoms with Gasteiger partial charge < -0.3 is 10.1 Å². The third-order valence-corrected chi connectivity index (χ3v) is 4.11. The lowest BCUT2D eigenvalue weighted by Crippen LogP contribution is -2.22. The van der Waals surface area contributed by atoms with Crippen molar-refractivity contribution in [3.63, 3.8) is 0 Å². The Labute approximate surface area is 135 Å². The van der Waals surface area contributed by atoms with Crippen molar-refractivity contribution in [3.8, 4) is 5.75 Å². The molecule has 1 amide bonds. The zero-order chi connectivity index (χ0) is 16.8. The van der Waals surface area contributed by atoms with Crippen LogP contribution in [-0.2, 0) is 6.42 Å². The van der Waals surface area contributed by atoms with Crippen LogP contribution in [0.1, 0.15) is 17.4 Å². The Kier molecular flexibility index (Phi) is 3.23. The fourth-order valence-electron chi connectivity index (χ4n) is 3.01. The molecule has 1 N–H and O–H groups in total. The number of nitrogens with one attached hydrogen (secondary N) is 1. The minimum Gasteiger partial charge on any atom is -0.494 e. The third kappa shape index (κ3) is 2.20. The molecular formula is C17H13F2N3O2. The fraction of sp³-hybridized carbons (Fsp3) is 0.176. The van der Waals surface area contributed by atoms with E-state index in [1.165, 1.54) is 35.9 Å². The lowest BCUT2D eigenvalue weighted by Gasteiger charge is -2.10. The standard InChI is InChI=1S/C17H13F2N3O2/c1-24-15-5-2-9(6-11(15)19)7-13-16-20-12-4-3-10(18)8-14(12)22(16)17(23)21-13/h2-6,8,13H,7H2,1H3,(H,21,23). The predicted octanol–water partition coefficient (Wildman–Crippen LogP) is 3.18. The molecule has 0 saturated carbocycles. The molecule has 1 aromatic heterocycles. The smallest absolute Gasteiger partial charge is 0.328 e. The van der Waals surface area contributed by atoms with Gasteiger partial charge in [-0.3, -0.25) is 0 Å². The van der Waals surface area contributed by atoms with E-state index in [1.807, 2.05) is 0 Å². The molecule has 5 nitrogen and oxygen atoms in total. The van der Waals surface area contributed by atoms with Crippen molar-refractivity contribution < 1.29 is 18.3 Å². The van der Waals surface area contributed by atoms with Gasteiger partial charge in [0.15, 0.2) is 11.6 Å². The van der Waals surface area contributed by atoms with Crippen LogP contribution in [0.4, 0.5) is 13.6 Å². The number of benzene rings is 2. The first-order chi connectivity index (χ1) is 11.6. The second-order valence-corrected chi connectivity index (χ2v) is 5.61. The Morgan fingerprint density at radius 3 is 2.83 bits per heavy atom. The van der Waals surface area contributed by atoms with Crippen molar-refractivity contribution in [1.29, 1.82) is 0 Å². The van der Waals surface area contributed by atoms with Gasteiger partial charge in [-0.15, -0.1) is 0 Å². The summed E-state index contributed by atoms with van der Waals surface area (Å²) in [5, 5.41) is 2.79. The quantitative estimate of drug-likeness (QED) is 0.803. The van der Waals surface area contributed by atoms with E-state index in [2.05, 4.69) is 10.3 Å². The minimum atomic E-state index is -0.463. The van der Waals surface area contributed by atoms with E-state index in [0.717, 1.165) is 0 Å². The molecular weight excluding hydrogens is 316 g/mol. The molecule has 0 bridgehead atoms. The molecule has 7 heteroatoms. The van der Waals surface area contributed by atoms with E-state index in [4.69, 9.17) is 4.74 Å². The topological polar surface area (TPSA) is 56.1 Å². The third-order valence-electron chi connectivity index (χ3n) is 4.11. The largest absolute Gasteiger partial charge is 0.494 e. The number of hydrogen-bond acceptors (Lipinski definition) is 3. The maximum atomic E-state index is 13.8. The summed E-state index contributed by atoms with van der Waals surface area (Å²) < 4.78 is 33.5. The second-order valence-electron chi connectivity index (χ2n) is 5.61. The number of aromatic nitrogens is 2. The molecule has 1 unspecified atom stereocenters. The summed E-state index contributed by atoms with van der Waals surface area (Å²) >= 11 is 0. The zero-order valence-electron chi connectivity index (χ0n) is 12.7. The van der Waals surface area contributed by atoms with Crippen molar-refractivity contribution in [2.75, 3.05) is 7.11 Å². The number of nitrogens with zero attached hydrogens (tertiary/aromatic N) is 2. The van der Waals surface area contributed by atoms with E-state index in [-0.39, 0.29) is 11.8 Å². The van der Waals surface area contributed by atoms with Crippen LogP contribution >= 0.6 is 0 Å². The molecule has 24 heavy (non-hydrogen) atoms. The molecule has 0 saturated heterocycles. The molecule has 2 aromatic carbocycles. The van der Waals surface area contributed by atoms with Gasteiger partial charge in [-0.05, 0) is 29.8 Å². The minimum absolute atomic E-state index is 0.164. The van der Waals surface area contributed by atoms with Crippen LogP contribution in [0.3, 0.4) is 0 Å². The van der Waals surface area contributed by atoms with Gasteiger partial charge in [0.25, 0.3) is 0 Å². The first-order valence-corrected chi connectivity index (χ1v) is 7.38. The van der Waals surface area contributed by atoms with Gasteiger partial charge in [0.05, 0.1) is 24.2 Å². The second kappa shape index (κ2) is 5.30. The van der Waals surface area contributed by atoms with Crippen molar-refractivity contribution >= 4 is 17.1 Å². The summed E-state index contributed by atoms with van der Waals surface area (Å²) in [6, 6.07) is 8.00. The molecule has 0 radical (unpaired) electrons. The first-order valence-electron chi connectivity index (χ1n) is 7.38. The maximum absolute atomic E-state index is 13.8. The maximum Gasteiger partial charge on any atom is 0.328 e. The number of fused-ring (bicyclic) bond motifs is 3. The lowest BCUT2D eigenvalue weighted by atomic mass is 10.1. The van der Waals surface area contributed by atoms with Crippen molar-refractivity contribution in [2.45, 2.75) is 12.5 Å². The molecule has 4 rings (SSSR count). The van der Waals surface area contributed by atoms with Crippen LogP contribution in [0.5, 0.6) is 5.75 Å². The zero-order valence-corrected chi connectivity index (χ0v) is 12.7. The van der Waals surface area contributed by atoms with Crippen molar-refractivity contribution in [3.05, 3.63) is 59.4 Å². The van der Waals surface area contributed by atoms with Crippen molar-refractivity contribution in [1.82, 2.24) is 14.9 Å². The lowest BCUT2D eigenvalue weighted by molar-refractivity contribution is 0.245. The number of hydrogen-bond donors (Lipinski definition) is 1. The van der Waals surface area contributed by atoms with E-state index < -0.39 is 17.7 Å².